The summed E-state index contributed by atoms with van der Waals surface area (Å²) in [5.41, 5.74) is 0.196. The summed E-state index contributed by atoms with van der Waals surface area (Å²) in [6, 6.07) is 5.88. The van der Waals surface area contributed by atoms with Crippen LogP contribution in [0.25, 0.3) is 0 Å². The van der Waals surface area contributed by atoms with Crippen molar-refractivity contribution in [1.82, 2.24) is 4.72 Å². The third-order valence-corrected chi connectivity index (χ3v) is 3.41. The Labute approximate surface area is 100 Å². The number of hydrogen-bond acceptors (Lipinski definition) is 4. The first-order valence-electron chi connectivity index (χ1n) is 4.78. The lowest BCUT2D eigenvalue weighted by atomic mass is 10.3. The zero-order chi connectivity index (χ0) is 13.1. The fourth-order valence-electron chi connectivity index (χ4n) is 1.05. The van der Waals surface area contributed by atoms with Gasteiger partial charge in [0.2, 0.25) is 10.0 Å². The second-order valence-corrected chi connectivity index (χ2v) is 5.18. The molecule has 17 heavy (non-hydrogen) atoms. The van der Waals surface area contributed by atoms with E-state index in [1.807, 2.05) is 0 Å². The first-order chi connectivity index (χ1) is 7.88. The Kier molecular flexibility index (Phi) is 4.03. The van der Waals surface area contributed by atoms with Crippen molar-refractivity contribution in [2.75, 3.05) is 7.05 Å². The van der Waals surface area contributed by atoms with Crippen molar-refractivity contribution >= 4 is 16.0 Å². The minimum Gasteiger partial charge on any atom is -0.422 e. The molecule has 0 aliphatic carbocycles. The van der Waals surface area contributed by atoms with Gasteiger partial charge in [-0.05, 0) is 26.1 Å². The molecule has 0 fully saturated rings. The molecule has 0 saturated carbocycles. The molecule has 5 nitrogen and oxygen atoms in total. The lowest BCUT2D eigenvalue weighted by Gasteiger charge is -2.09. The molecule has 1 aromatic rings. The van der Waals surface area contributed by atoms with E-state index in [4.69, 9.17) is 4.74 Å². The standard InChI is InChI=1S/C11H13NO4S/c1-8(2)11(13)16-9-6-4-5-7-10(9)17(14,15)12-3/h4-7,12H,1H2,2-3H3. The first-order valence-corrected chi connectivity index (χ1v) is 6.27. The van der Waals surface area contributed by atoms with Gasteiger partial charge in [0, 0.05) is 5.57 Å². The van der Waals surface area contributed by atoms with Gasteiger partial charge in [0.05, 0.1) is 0 Å². The third kappa shape index (κ3) is 3.15. The Morgan fingerprint density at radius 3 is 2.47 bits per heavy atom. The van der Waals surface area contributed by atoms with Gasteiger partial charge in [-0.2, -0.15) is 0 Å². The van der Waals surface area contributed by atoms with Crippen molar-refractivity contribution in [3.8, 4) is 5.75 Å². The molecule has 0 aromatic heterocycles. The zero-order valence-corrected chi connectivity index (χ0v) is 10.4. The molecule has 1 rings (SSSR count). The maximum absolute atomic E-state index is 11.6. The van der Waals surface area contributed by atoms with Crippen molar-refractivity contribution < 1.29 is 17.9 Å². The van der Waals surface area contributed by atoms with Gasteiger partial charge in [0.25, 0.3) is 0 Å². The van der Waals surface area contributed by atoms with Crippen molar-refractivity contribution in [1.29, 1.82) is 0 Å². The van der Waals surface area contributed by atoms with E-state index in [1.165, 1.54) is 26.1 Å². The minimum absolute atomic E-state index is 0.0187. The monoisotopic (exact) mass is 255 g/mol. The molecule has 0 atom stereocenters. The number of benzene rings is 1. The molecule has 1 aromatic carbocycles. The number of hydrogen-bond donors (Lipinski definition) is 1. The van der Waals surface area contributed by atoms with Crippen molar-refractivity contribution in [3.05, 3.63) is 36.4 Å². The van der Waals surface area contributed by atoms with Crippen molar-refractivity contribution in [2.45, 2.75) is 11.8 Å². The Morgan fingerprint density at radius 1 is 1.35 bits per heavy atom. The SMILES string of the molecule is C=C(C)C(=O)Oc1ccccc1S(=O)(=O)NC. The van der Waals surface area contributed by atoms with Gasteiger partial charge in [0.15, 0.2) is 5.75 Å². The molecule has 0 saturated heterocycles. The second kappa shape index (κ2) is 5.11. The van der Waals surface area contributed by atoms with Crippen LogP contribution in [0.5, 0.6) is 5.75 Å². The predicted octanol–water partition coefficient (Wildman–Crippen LogP) is 1.08. The summed E-state index contributed by atoms with van der Waals surface area (Å²) in [5.74, 6) is -0.682. The molecule has 0 heterocycles. The van der Waals surface area contributed by atoms with Crippen LogP contribution in [0.4, 0.5) is 0 Å². The fourth-order valence-corrected chi connectivity index (χ4v) is 1.91. The summed E-state index contributed by atoms with van der Waals surface area (Å²) in [5, 5.41) is 0. The van der Waals surface area contributed by atoms with E-state index in [0.717, 1.165) is 0 Å². The lowest BCUT2D eigenvalue weighted by molar-refractivity contribution is -0.130. The van der Waals surface area contributed by atoms with Crippen LogP contribution in [0, 0.1) is 0 Å². The summed E-state index contributed by atoms with van der Waals surface area (Å²) < 4.78 is 30.4. The van der Waals surface area contributed by atoms with Crippen LogP contribution in [-0.4, -0.2) is 21.4 Å². The van der Waals surface area contributed by atoms with Crippen LogP contribution in [0.2, 0.25) is 0 Å². The number of para-hydroxylation sites is 1. The Morgan fingerprint density at radius 2 is 1.94 bits per heavy atom. The summed E-state index contributed by atoms with van der Waals surface area (Å²) >= 11 is 0. The van der Waals surface area contributed by atoms with Gasteiger partial charge in [-0.25, -0.2) is 17.9 Å². The smallest absolute Gasteiger partial charge is 0.338 e. The number of esters is 1. The van der Waals surface area contributed by atoms with E-state index in [-0.39, 0.29) is 16.2 Å². The van der Waals surface area contributed by atoms with Crippen LogP contribution < -0.4 is 9.46 Å². The number of rotatable bonds is 4. The molecular formula is C11H13NO4S. The molecule has 0 spiro atoms. The third-order valence-electron chi connectivity index (χ3n) is 1.96. The number of ether oxygens (including phenoxy) is 1. The van der Waals surface area contributed by atoms with E-state index >= 15 is 0 Å². The van der Waals surface area contributed by atoms with Gasteiger partial charge in [-0.1, -0.05) is 18.7 Å². The van der Waals surface area contributed by atoms with E-state index in [2.05, 4.69) is 11.3 Å². The Hall–Kier alpha value is -1.66. The van der Waals surface area contributed by atoms with Crippen LogP contribution >= 0.6 is 0 Å². The maximum atomic E-state index is 11.6. The molecule has 92 valence electrons. The molecule has 0 unspecified atom stereocenters. The Bertz CT molecular complexity index is 548. The van der Waals surface area contributed by atoms with Gasteiger partial charge < -0.3 is 4.74 Å². The summed E-state index contributed by atoms with van der Waals surface area (Å²) in [6.45, 7) is 4.91. The van der Waals surface area contributed by atoms with Crippen LogP contribution in [0.1, 0.15) is 6.92 Å². The van der Waals surface area contributed by atoms with Gasteiger partial charge in [-0.15, -0.1) is 0 Å². The molecule has 0 bridgehead atoms. The highest BCUT2D eigenvalue weighted by molar-refractivity contribution is 7.89. The van der Waals surface area contributed by atoms with Crippen LogP contribution in [0.3, 0.4) is 0 Å². The van der Waals surface area contributed by atoms with Gasteiger partial charge in [-0.3, -0.25) is 0 Å². The quantitative estimate of drug-likeness (QED) is 0.496. The fraction of sp³-hybridized carbons (Fsp3) is 0.182. The van der Waals surface area contributed by atoms with E-state index in [9.17, 15) is 13.2 Å². The largest absolute Gasteiger partial charge is 0.422 e. The second-order valence-electron chi connectivity index (χ2n) is 3.32. The number of carbonyl (C=O) groups excluding carboxylic acids is 1. The topological polar surface area (TPSA) is 72.5 Å². The van der Waals surface area contributed by atoms with E-state index in [1.54, 1.807) is 12.1 Å². The molecule has 0 aliphatic heterocycles. The minimum atomic E-state index is -3.66. The molecular weight excluding hydrogens is 242 g/mol. The highest BCUT2D eigenvalue weighted by Crippen LogP contribution is 2.23. The van der Waals surface area contributed by atoms with E-state index < -0.39 is 16.0 Å². The van der Waals surface area contributed by atoms with Crippen molar-refractivity contribution in [3.63, 3.8) is 0 Å². The average Bonchev–Trinajstić information content (AvgIpc) is 2.29. The highest BCUT2D eigenvalue weighted by atomic mass is 32.2. The first kappa shape index (κ1) is 13.4. The van der Waals surface area contributed by atoms with Crippen molar-refractivity contribution in [2.24, 2.45) is 0 Å². The van der Waals surface area contributed by atoms with Gasteiger partial charge >= 0.3 is 5.97 Å². The normalized spacial score (nSPS) is 10.9. The molecule has 0 amide bonds. The summed E-state index contributed by atoms with van der Waals surface area (Å²) in [4.78, 5) is 11.3. The number of carbonyl (C=O) groups is 1. The van der Waals surface area contributed by atoms with Gasteiger partial charge in [0.1, 0.15) is 4.90 Å². The molecule has 0 radical (unpaired) electrons. The number of nitrogens with one attached hydrogen (secondary N) is 1. The predicted molar refractivity (Wildman–Crippen MR) is 63.1 cm³/mol. The number of sulfonamides is 1. The zero-order valence-electron chi connectivity index (χ0n) is 9.56. The Balaban J connectivity index is 3.18. The van der Waals surface area contributed by atoms with E-state index in [0.29, 0.717) is 0 Å². The summed E-state index contributed by atoms with van der Waals surface area (Å²) in [6.07, 6.45) is 0. The molecule has 1 N–H and O–H groups in total. The van der Waals surface area contributed by atoms with Crippen LogP contribution in [0.15, 0.2) is 41.3 Å². The highest BCUT2D eigenvalue weighted by Gasteiger charge is 2.19. The van der Waals surface area contributed by atoms with Crippen LogP contribution in [-0.2, 0) is 14.8 Å². The summed E-state index contributed by atoms with van der Waals surface area (Å²) in [7, 11) is -2.37. The molecule has 6 heteroatoms. The lowest BCUT2D eigenvalue weighted by Crippen LogP contribution is -2.20. The molecule has 0 aliphatic rings. The average molecular weight is 255 g/mol. The maximum Gasteiger partial charge on any atom is 0.338 e.